The van der Waals surface area contributed by atoms with E-state index in [2.05, 4.69) is 15.0 Å². The zero-order valence-electron chi connectivity index (χ0n) is 15.8. The molecule has 14 heteroatoms. The predicted octanol–water partition coefficient (Wildman–Crippen LogP) is -1.58. The largest absolute Gasteiger partial charge is 0.508 e. The number of rotatable bonds is 5. The Morgan fingerprint density at radius 1 is 1.32 bits per heavy atom. The predicted molar refractivity (Wildman–Crippen MR) is 111 cm³/mol. The van der Waals surface area contributed by atoms with Crippen molar-refractivity contribution >= 4 is 41.0 Å². The van der Waals surface area contributed by atoms with Gasteiger partial charge in [0.2, 0.25) is 5.96 Å². The first-order valence-corrected chi connectivity index (χ1v) is 9.49. The molecule has 13 nitrogen and oxygen atoms in total. The number of nitrogens with two attached hydrogens (primary N) is 1. The first-order valence-electron chi connectivity index (χ1n) is 9.08. The van der Waals surface area contributed by atoms with Crippen LogP contribution in [0.25, 0.3) is 0 Å². The van der Waals surface area contributed by atoms with E-state index in [4.69, 9.17) is 22.7 Å². The van der Waals surface area contributed by atoms with E-state index in [0.717, 1.165) is 6.07 Å². The van der Waals surface area contributed by atoms with Crippen LogP contribution in [0, 0.1) is 10.1 Å². The van der Waals surface area contributed by atoms with Gasteiger partial charge in [-0.1, -0.05) is 12.2 Å². The Labute approximate surface area is 180 Å². The molecule has 0 radical (unpaired) electrons. The van der Waals surface area contributed by atoms with E-state index in [1.807, 2.05) is 0 Å². The average molecular weight is 450 g/mol. The van der Waals surface area contributed by atoms with Crippen molar-refractivity contribution in [3.63, 3.8) is 0 Å². The number of aliphatic hydroxyl groups is 3. The second-order valence-electron chi connectivity index (χ2n) is 7.20. The van der Waals surface area contributed by atoms with Gasteiger partial charge < -0.3 is 30.9 Å². The number of hydrogen-bond acceptors (Lipinski definition) is 12. The molecule has 1 fully saturated rings. The second kappa shape index (κ2) is 7.58. The third-order valence-corrected chi connectivity index (χ3v) is 5.75. The van der Waals surface area contributed by atoms with Crippen LogP contribution in [0.3, 0.4) is 0 Å². The maximum absolute atomic E-state index is 11.2. The van der Waals surface area contributed by atoms with Gasteiger partial charge in [0.25, 0.3) is 5.69 Å². The second-order valence-corrected chi connectivity index (χ2v) is 7.59. The topological polar surface area (TPSA) is 200 Å². The van der Waals surface area contributed by atoms with E-state index in [1.54, 1.807) is 0 Å². The van der Waals surface area contributed by atoms with Crippen molar-refractivity contribution in [3.05, 3.63) is 33.9 Å². The van der Waals surface area contributed by atoms with Crippen LogP contribution >= 0.6 is 12.2 Å². The number of fused-ring (bicyclic) bond motifs is 1. The molecule has 0 amide bonds. The number of thiocarbonyl (C=S) groups is 1. The van der Waals surface area contributed by atoms with Crippen molar-refractivity contribution in [1.29, 1.82) is 0 Å². The highest BCUT2D eigenvalue weighted by Gasteiger charge is 2.55. The Morgan fingerprint density at radius 2 is 2.06 bits per heavy atom. The van der Waals surface area contributed by atoms with Crippen LogP contribution in [-0.2, 0) is 11.2 Å². The lowest BCUT2D eigenvalue weighted by Gasteiger charge is -2.34. The monoisotopic (exact) mass is 450 g/mol. The van der Waals surface area contributed by atoms with Crippen LogP contribution in [0.1, 0.15) is 5.56 Å². The number of ether oxygens (including phenoxy) is 1. The van der Waals surface area contributed by atoms with Gasteiger partial charge in [-0.2, -0.15) is 4.99 Å². The van der Waals surface area contributed by atoms with E-state index >= 15 is 0 Å². The van der Waals surface area contributed by atoms with E-state index in [0.29, 0.717) is 0 Å². The summed E-state index contributed by atoms with van der Waals surface area (Å²) in [7, 11) is 0. The molecule has 1 saturated heterocycles. The number of hydrogen-bond donors (Lipinski definition) is 5. The lowest BCUT2D eigenvalue weighted by atomic mass is 9.88. The summed E-state index contributed by atoms with van der Waals surface area (Å²) in [6, 6.07) is 3.54. The molecular formula is C17H18N6O7S. The summed E-state index contributed by atoms with van der Waals surface area (Å²) in [4.78, 5) is 24.4. The quantitative estimate of drug-likeness (QED) is 0.198. The fourth-order valence-electron chi connectivity index (χ4n) is 3.72. The SMILES string of the molecule is NC1=NC(=S)C2(Cc3cc([N+](=O)[O-])ccc3O)N=CN([C@@H]3O[C@H](CO)[C@@H](O)[C@H]3O)C2=N1. The molecule has 1 aromatic carbocycles. The van der Waals surface area contributed by atoms with Crippen LogP contribution in [0.15, 0.2) is 33.2 Å². The summed E-state index contributed by atoms with van der Waals surface area (Å²) in [5, 5.41) is 51.3. The number of aromatic hydroxyl groups is 1. The van der Waals surface area contributed by atoms with Gasteiger partial charge in [-0.3, -0.25) is 20.0 Å². The standard InChI is InChI=1S/C17H18N6O7S/c18-16-20-14-17(15(31)21-16,4-7-3-8(23(28)29)1-2-9(7)25)19-6-22(14)13-12(27)11(26)10(5-24)30-13/h1-3,6,10-13,24-27H,4-5H2,(H2,18,21,31)/t10-,11-,12-,13-,17?/m1/s1. The summed E-state index contributed by atoms with van der Waals surface area (Å²) < 4.78 is 5.55. The molecule has 0 spiro atoms. The van der Waals surface area contributed by atoms with Crippen molar-refractivity contribution in [2.45, 2.75) is 36.5 Å². The van der Waals surface area contributed by atoms with E-state index in [9.17, 15) is 30.5 Å². The van der Waals surface area contributed by atoms with Gasteiger partial charge in [0.1, 0.15) is 29.0 Å². The number of guanidine groups is 1. The first-order chi connectivity index (χ1) is 14.7. The van der Waals surface area contributed by atoms with Crippen LogP contribution in [0.2, 0.25) is 0 Å². The molecule has 0 aromatic heterocycles. The molecule has 3 aliphatic heterocycles. The van der Waals surface area contributed by atoms with Crippen LogP contribution in [0.4, 0.5) is 5.69 Å². The van der Waals surface area contributed by atoms with Gasteiger partial charge >= 0.3 is 0 Å². The minimum Gasteiger partial charge on any atom is -0.508 e. The molecule has 0 bridgehead atoms. The minimum absolute atomic E-state index is 0.00796. The number of nitro groups is 1. The number of aliphatic hydroxyl groups excluding tert-OH is 3. The van der Waals surface area contributed by atoms with Crippen molar-refractivity contribution in [2.24, 2.45) is 20.7 Å². The molecule has 4 rings (SSSR count). The molecule has 164 valence electrons. The third kappa shape index (κ3) is 3.34. The molecule has 3 aliphatic rings. The number of nitro benzene ring substituents is 1. The number of amidine groups is 1. The zero-order valence-corrected chi connectivity index (χ0v) is 16.6. The summed E-state index contributed by atoms with van der Waals surface area (Å²) in [5.74, 6) is -0.293. The van der Waals surface area contributed by atoms with Gasteiger partial charge in [0.05, 0.1) is 17.9 Å². The number of benzene rings is 1. The Bertz CT molecular complexity index is 1050. The summed E-state index contributed by atoms with van der Waals surface area (Å²) in [5.41, 5.74) is 4.23. The maximum Gasteiger partial charge on any atom is 0.269 e. The van der Waals surface area contributed by atoms with Crippen LogP contribution in [-0.4, -0.2) is 90.1 Å². The molecule has 1 unspecified atom stereocenters. The van der Waals surface area contributed by atoms with Crippen molar-refractivity contribution in [1.82, 2.24) is 4.90 Å². The molecule has 31 heavy (non-hydrogen) atoms. The lowest BCUT2D eigenvalue weighted by molar-refractivity contribution is -0.384. The fraction of sp³-hybridized carbons (Fsp3) is 0.412. The lowest BCUT2D eigenvalue weighted by Crippen LogP contribution is -2.55. The number of phenolic OH excluding ortho intramolecular Hbond substituents is 1. The summed E-state index contributed by atoms with van der Waals surface area (Å²) in [6.07, 6.45) is -3.84. The average Bonchev–Trinajstić information content (AvgIpc) is 3.22. The van der Waals surface area contributed by atoms with Gasteiger partial charge in [0.15, 0.2) is 17.6 Å². The van der Waals surface area contributed by atoms with Crippen LogP contribution in [0.5, 0.6) is 5.75 Å². The van der Waals surface area contributed by atoms with E-state index in [-0.39, 0.29) is 40.2 Å². The van der Waals surface area contributed by atoms with Gasteiger partial charge in [-0.05, 0) is 6.07 Å². The number of phenols is 1. The van der Waals surface area contributed by atoms with E-state index in [1.165, 1.54) is 23.4 Å². The minimum atomic E-state index is -1.46. The summed E-state index contributed by atoms with van der Waals surface area (Å²) in [6.45, 7) is -0.527. The van der Waals surface area contributed by atoms with Gasteiger partial charge in [-0.15, -0.1) is 0 Å². The Morgan fingerprint density at radius 3 is 2.71 bits per heavy atom. The molecule has 1 aromatic rings. The van der Waals surface area contributed by atoms with E-state index < -0.39 is 41.6 Å². The number of aliphatic imine (C=N–C) groups is 3. The highest BCUT2D eigenvalue weighted by Crippen LogP contribution is 2.37. The Hall–Kier alpha value is -3.04. The highest BCUT2D eigenvalue weighted by molar-refractivity contribution is 7.80. The summed E-state index contributed by atoms with van der Waals surface area (Å²) >= 11 is 5.39. The first kappa shape index (κ1) is 21.2. The molecule has 0 saturated carbocycles. The molecule has 5 atom stereocenters. The van der Waals surface area contributed by atoms with Gasteiger partial charge in [-0.25, -0.2) is 4.99 Å². The van der Waals surface area contributed by atoms with Crippen LogP contribution < -0.4 is 5.73 Å². The van der Waals surface area contributed by atoms with Gasteiger partial charge in [0, 0.05) is 24.1 Å². The smallest absolute Gasteiger partial charge is 0.269 e. The third-order valence-electron chi connectivity index (χ3n) is 5.32. The molecule has 0 aliphatic carbocycles. The molecule has 3 heterocycles. The Balaban J connectivity index is 1.74. The maximum atomic E-state index is 11.2. The molecular weight excluding hydrogens is 432 g/mol. The normalized spacial score (nSPS) is 32.1. The zero-order chi connectivity index (χ0) is 22.5. The molecule has 6 N–H and O–H groups in total. The Kier molecular flexibility index (Phi) is 5.18. The number of nitrogens with zero attached hydrogens (tertiary/aromatic N) is 5. The fourth-order valence-corrected chi connectivity index (χ4v) is 4.03. The van der Waals surface area contributed by atoms with Crippen molar-refractivity contribution in [2.75, 3.05) is 6.61 Å². The highest BCUT2D eigenvalue weighted by atomic mass is 32.1. The number of non-ortho nitro benzene ring substituents is 1. The van der Waals surface area contributed by atoms with Crippen molar-refractivity contribution < 1.29 is 30.1 Å². The van der Waals surface area contributed by atoms with Crippen molar-refractivity contribution in [3.8, 4) is 5.75 Å².